The Morgan fingerprint density at radius 3 is 2.88 bits per heavy atom. The zero-order valence-electron chi connectivity index (χ0n) is 14.2. The summed E-state index contributed by atoms with van der Waals surface area (Å²) in [5.41, 5.74) is 1.25. The zero-order chi connectivity index (χ0) is 16.6. The number of nitrogens with one attached hydrogen (secondary N) is 2. The molecule has 1 aliphatic rings. The van der Waals surface area contributed by atoms with E-state index in [1.165, 1.54) is 18.4 Å². The van der Waals surface area contributed by atoms with Gasteiger partial charge in [0.15, 0.2) is 5.96 Å². The van der Waals surface area contributed by atoms with Crippen LogP contribution in [0.5, 0.6) is 0 Å². The molecule has 3 heterocycles. The van der Waals surface area contributed by atoms with Crippen LogP contribution in [0.2, 0.25) is 0 Å². The van der Waals surface area contributed by atoms with E-state index in [-0.39, 0.29) is 6.04 Å². The molecular formula is C18H26N4OS. The fourth-order valence-corrected chi connectivity index (χ4v) is 3.69. The third-order valence-electron chi connectivity index (χ3n) is 4.26. The smallest absolute Gasteiger partial charge is 0.191 e. The summed E-state index contributed by atoms with van der Waals surface area (Å²) in [4.78, 5) is 7.18. The number of rotatable bonds is 7. The van der Waals surface area contributed by atoms with Crippen molar-refractivity contribution in [3.05, 3.63) is 46.5 Å². The van der Waals surface area contributed by atoms with Gasteiger partial charge >= 0.3 is 0 Å². The average molecular weight is 347 g/mol. The second-order valence-corrected chi connectivity index (χ2v) is 6.76. The number of guanidine groups is 1. The van der Waals surface area contributed by atoms with Crippen LogP contribution in [0.1, 0.15) is 37.1 Å². The second-order valence-electron chi connectivity index (χ2n) is 5.98. The molecule has 1 atom stereocenters. The SMILES string of the molecule is CCNC(=NCc1ccsc1)NCC(c1ccco1)N1CCCC1. The predicted octanol–water partition coefficient (Wildman–Crippen LogP) is 3.23. The topological polar surface area (TPSA) is 52.8 Å². The summed E-state index contributed by atoms with van der Waals surface area (Å²) in [6.07, 6.45) is 4.29. The predicted molar refractivity (Wildman–Crippen MR) is 99.4 cm³/mol. The first-order valence-electron chi connectivity index (χ1n) is 8.67. The van der Waals surface area contributed by atoms with Gasteiger partial charge in [0.05, 0.1) is 18.8 Å². The number of furan rings is 1. The fourth-order valence-electron chi connectivity index (χ4n) is 3.03. The Morgan fingerprint density at radius 2 is 2.21 bits per heavy atom. The Balaban J connectivity index is 1.63. The van der Waals surface area contributed by atoms with E-state index in [0.717, 1.165) is 37.9 Å². The number of hydrogen-bond acceptors (Lipinski definition) is 4. The van der Waals surface area contributed by atoms with Crippen LogP contribution in [0, 0.1) is 0 Å². The third-order valence-corrected chi connectivity index (χ3v) is 4.99. The molecule has 0 aliphatic carbocycles. The van der Waals surface area contributed by atoms with Crippen molar-refractivity contribution in [2.75, 3.05) is 26.2 Å². The van der Waals surface area contributed by atoms with E-state index in [1.54, 1.807) is 17.6 Å². The number of thiophene rings is 1. The van der Waals surface area contributed by atoms with E-state index in [2.05, 4.69) is 50.3 Å². The third kappa shape index (κ3) is 4.61. The number of nitrogens with zero attached hydrogens (tertiary/aromatic N) is 2. The highest BCUT2D eigenvalue weighted by molar-refractivity contribution is 7.07. The molecule has 6 heteroatoms. The van der Waals surface area contributed by atoms with E-state index >= 15 is 0 Å². The minimum atomic E-state index is 0.257. The average Bonchev–Trinajstić information content (AvgIpc) is 3.35. The summed E-state index contributed by atoms with van der Waals surface area (Å²) in [5, 5.41) is 11.0. The monoisotopic (exact) mass is 346 g/mol. The maximum atomic E-state index is 5.68. The van der Waals surface area contributed by atoms with Crippen molar-refractivity contribution >= 4 is 17.3 Å². The lowest BCUT2D eigenvalue weighted by molar-refractivity contribution is 0.215. The van der Waals surface area contributed by atoms with Crippen LogP contribution in [-0.4, -0.2) is 37.0 Å². The van der Waals surface area contributed by atoms with E-state index in [0.29, 0.717) is 6.54 Å². The molecule has 3 rings (SSSR count). The van der Waals surface area contributed by atoms with Crippen LogP contribution in [-0.2, 0) is 6.54 Å². The molecule has 1 aliphatic heterocycles. The molecule has 2 aromatic heterocycles. The summed E-state index contributed by atoms with van der Waals surface area (Å²) >= 11 is 1.71. The summed E-state index contributed by atoms with van der Waals surface area (Å²) in [6.45, 7) is 6.71. The van der Waals surface area contributed by atoms with E-state index in [4.69, 9.17) is 4.42 Å². The van der Waals surface area contributed by atoms with Gasteiger partial charge in [-0.1, -0.05) is 0 Å². The van der Waals surface area contributed by atoms with Crippen LogP contribution in [0.4, 0.5) is 0 Å². The van der Waals surface area contributed by atoms with Gasteiger partial charge in [-0.3, -0.25) is 4.90 Å². The van der Waals surface area contributed by atoms with Gasteiger partial charge < -0.3 is 15.1 Å². The molecule has 0 spiro atoms. The van der Waals surface area contributed by atoms with Gasteiger partial charge in [0.2, 0.25) is 0 Å². The van der Waals surface area contributed by atoms with E-state index in [9.17, 15) is 0 Å². The molecule has 0 bridgehead atoms. The number of likely N-dealkylation sites (tertiary alicyclic amines) is 1. The lowest BCUT2D eigenvalue weighted by atomic mass is 10.2. The van der Waals surface area contributed by atoms with Crippen molar-refractivity contribution in [3.8, 4) is 0 Å². The lowest BCUT2D eigenvalue weighted by Crippen LogP contribution is -2.42. The van der Waals surface area contributed by atoms with Crippen LogP contribution >= 0.6 is 11.3 Å². The zero-order valence-corrected chi connectivity index (χ0v) is 15.0. The molecule has 1 unspecified atom stereocenters. The number of hydrogen-bond donors (Lipinski definition) is 2. The molecule has 1 fully saturated rings. The molecule has 0 amide bonds. The first-order chi connectivity index (χ1) is 11.9. The normalized spacial score (nSPS) is 17.1. The molecule has 0 saturated carbocycles. The molecule has 2 aromatic rings. The van der Waals surface area contributed by atoms with Crippen molar-refractivity contribution in [2.24, 2.45) is 4.99 Å². The Labute approximate surface area is 147 Å². The van der Waals surface area contributed by atoms with Gasteiger partial charge in [-0.25, -0.2) is 4.99 Å². The van der Waals surface area contributed by atoms with Crippen molar-refractivity contribution in [3.63, 3.8) is 0 Å². The highest BCUT2D eigenvalue weighted by Gasteiger charge is 2.25. The minimum absolute atomic E-state index is 0.257. The quantitative estimate of drug-likeness (QED) is 0.597. The van der Waals surface area contributed by atoms with Crippen molar-refractivity contribution in [1.82, 2.24) is 15.5 Å². The first kappa shape index (κ1) is 17.0. The van der Waals surface area contributed by atoms with Gasteiger partial charge in [0, 0.05) is 13.1 Å². The van der Waals surface area contributed by atoms with Crippen molar-refractivity contribution in [2.45, 2.75) is 32.4 Å². The second kappa shape index (κ2) is 8.89. The van der Waals surface area contributed by atoms with Crippen LogP contribution in [0.25, 0.3) is 0 Å². The molecule has 0 radical (unpaired) electrons. The van der Waals surface area contributed by atoms with E-state index < -0.39 is 0 Å². The summed E-state index contributed by atoms with van der Waals surface area (Å²) in [7, 11) is 0. The highest BCUT2D eigenvalue weighted by atomic mass is 32.1. The molecule has 2 N–H and O–H groups in total. The molecule has 1 saturated heterocycles. The van der Waals surface area contributed by atoms with Gasteiger partial charge in [0.25, 0.3) is 0 Å². The highest BCUT2D eigenvalue weighted by Crippen LogP contribution is 2.24. The molecule has 130 valence electrons. The molecular weight excluding hydrogens is 320 g/mol. The Morgan fingerprint density at radius 1 is 1.33 bits per heavy atom. The number of aliphatic imine (C=N–C) groups is 1. The van der Waals surface area contributed by atoms with Gasteiger partial charge in [-0.2, -0.15) is 11.3 Å². The molecule has 0 aromatic carbocycles. The maximum Gasteiger partial charge on any atom is 0.191 e. The Kier molecular flexibility index (Phi) is 6.32. The van der Waals surface area contributed by atoms with Crippen LogP contribution in [0.15, 0.2) is 44.6 Å². The summed E-state index contributed by atoms with van der Waals surface area (Å²) in [6, 6.07) is 6.41. The van der Waals surface area contributed by atoms with Crippen molar-refractivity contribution in [1.29, 1.82) is 0 Å². The van der Waals surface area contributed by atoms with Gasteiger partial charge in [0.1, 0.15) is 5.76 Å². The lowest BCUT2D eigenvalue weighted by Gasteiger charge is -2.26. The van der Waals surface area contributed by atoms with Gasteiger partial charge in [-0.15, -0.1) is 0 Å². The van der Waals surface area contributed by atoms with Gasteiger partial charge in [-0.05, 0) is 67.4 Å². The first-order valence-corrected chi connectivity index (χ1v) is 9.62. The molecule has 5 nitrogen and oxygen atoms in total. The summed E-state index contributed by atoms with van der Waals surface area (Å²) in [5.74, 6) is 1.89. The van der Waals surface area contributed by atoms with E-state index in [1.807, 2.05) is 6.07 Å². The van der Waals surface area contributed by atoms with Crippen LogP contribution < -0.4 is 10.6 Å². The Hall–Kier alpha value is -1.79. The minimum Gasteiger partial charge on any atom is -0.468 e. The maximum absolute atomic E-state index is 5.68. The largest absolute Gasteiger partial charge is 0.468 e. The summed E-state index contributed by atoms with van der Waals surface area (Å²) < 4.78 is 5.68. The van der Waals surface area contributed by atoms with Crippen LogP contribution in [0.3, 0.4) is 0 Å². The Bertz CT molecular complexity index is 603. The standard InChI is InChI=1S/C18H26N4OS/c1-2-19-18(20-12-15-7-11-24-14-15)21-13-16(17-6-5-10-23-17)22-8-3-4-9-22/h5-7,10-11,14,16H,2-4,8-9,12-13H2,1H3,(H2,19,20,21). The fraction of sp³-hybridized carbons (Fsp3) is 0.500. The van der Waals surface area contributed by atoms with Crippen molar-refractivity contribution < 1.29 is 4.42 Å². The molecule has 24 heavy (non-hydrogen) atoms.